The standard InChI is InChI=1S/C15H14ClN3O2/c1-19-10-13(15(18-19)21-2)14(20)17-8-4-6-11-5-3-7-12(16)9-11/h3,5,7,9-10H,8H2,1-2H3,(H,17,20). The Kier molecular flexibility index (Phi) is 4.85. The largest absolute Gasteiger partial charge is 0.479 e. The van der Waals surface area contributed by atoms with Gasteiger partial charge in [0.05, 0.1) is 13.7 Å². The molecule has 0 unspecified atom stereocenters. The minimum Gasteiger partial charge on any atom is -0.479 e. The number of aryl methyl sites for hydroxylation is 1. The van der Waals surface area contributed by atoms with Gasteiger partial charge in [-0.2, -0.15) is 0 Å². The molecule has 1 N–H and O–H groups in total. The van der Waals surface area contributed by atoms with E-state index >= 15 is 0 Å². The van der Waals surface area contributed by atoms with Crippen LogP contribution in [0.1, 0.15) is 15.9 Å². The van der Waals surface area contributed by atoms with Crippen molar-refractivity contribution in [2.24, 2.45) is 7.05 Å². The number of nitrogens with zero attached hydrogens (tertiary/aromatic N) is 2. The fourth-order valence-electron chi connectivity index (χ4n) is 1.71. The van der Waals surface area contributed by atoms with Crippen molar-refractivity contribution in [3.63, 3.8) is 0 Å². The molecule has 0 radical (unpaired) electrons. The van der Waals surface area contributed by atoms with E-state index in [1.54, 1.807) is 25.4 Å². The van der Waals surface area contributed by atoms with Crippen molar-refractivity contribution in [2.75, 3.05) is 13.7 Å². The normalized spacial score (nSPS) is 9.67. The minimum absolute atomic E-state index is 0.226. The van der Waals surface area contributed by atoms with Crippen molar-refractivity contribution < 1.29 is 9.53 Å². The number of hydrogen-bond donors (Lipinski definition) is 1. The van der Waals surface area contributed by atoms with Gasteiger partial charge in [-0.05, 0) is 18.2 Å². The Hall–Kier alpha value is -2.45. The third-order valence-corrected chi connectivity index (χ3v) is 2.86. The Morgan fingerprint density at radius 3 is 3.05 bits per heavy atom. The molecule has 2 aromatic rings. The average Bonchev–Trinajstić information content (AvgIpc) is 2.85. The zero-order valence-corrected chi connectivity index (χ0v) is 12.4. The Labute approximate surface area is 127 Å². The topological polar surface area (TPSA) is 56.2 Å². The number of ether oxygens (including phenoxy) is 1. The lowest BCUT2D eigenvalue weighted by molar-refractivity contribution is 0.0955. The van der Waals surface area contributed by atoms with Gasteiger partial charge < -0.3 is 10.1 Å². The Bertz CT molecular complexity index is 713. The van der Waals surface area contributed by atoms with Crippen molar-refractivity contribution >= 4 is 17.5 Å². The van der Waals surface area contributed by atoms with Crippen molar-refractivity contribution in [1.29, 1.82) is 0 Å². The molecule has 21 heavy (non-hydrogen) atoms. The Morgan fingerprint density at radius 1 is 1.52 bits per heavy atom. The summed E-state index contributed by atoms with van der Waals surface area (Å²) in [4.78, 5) is 12.0. The Morgan fingerprint density at radius 2 is 2.33 bits per heavy atom. The molecule has 6 heteroatoms. The molecule has 1 amide bonds. The van der Waals surface area contributed by atoms with E-state index in [4.69, 9.17) is 16.3 Å². The highest BCUT2D eigenvalue weighted by atomic mass is 35.5. The van der Waals surface area contributed by atoms with Crippen molar-refractivity contribution in [2.45, 2.75) is 0 Å². The lowest BCUT2D eigenvalue weighted by Crippen LogP contribution is -2.23. The molecule has 0 aliphatic heterocycles. The number of hydrogen-bond acceptors (Lipinski definition) is 3. The molecule has 0 spiro atoms. The van der Waals surface area contributed by atoms with Gasteiger partial charge in [-0.15, -0.1) is 5.10 Å². The van der Waals surface area contributed by atoms with Crippen LogP contribution < -0.4 is 10.1 Å². The Balaban J connectivity index is 1.96. The predicted molar refractivity (Wildman–Crippen MR) is 80.4 cm³/mol. The number of aromatic nitrogens is 2. The summed E-state index contributed by atoms with van der Waals surface area (Å²) >= 11 is 5.86. The summed E-state index contributed by atoms with van der Waals surface area (Å²) in [6.07, 6.45) is 1.60. The van der Waals surface area contributed by atoms with E-state index in [-0.39, 0.29) is 18.3 Å². The molecule has 0 aliphatic rings. The number of halogens is 1. The summed E-state index contributed by atoms with van der Waals surface area (Å²) in [5.74, 6) is 5.80. The number of nitrogens with one attached hydrogen (secondary N) is 1. The zero-order valence-electron chi connectivity index (χ0n) is 11.7. The van der Waals surface area contributed by atoms with Gasteiger partial charge >= 0.3 is 0 Å². The second-order valence-corrected chi connectivity index (χ2v) is 4.66. The van der Waals surface area contributed by atoms with Crippen LogP contribution in [-0.4, -0.2) is 29.3 Å². The van der Waals surface area contributed by atoms with E-state index in [2.05, 4.69) is 22.3 Å². The first-order chi connectivity index (χ1) is 10.1. The molecule has 1 aromatic carbocycles. The van der Waals surface area contributed by atoms with Gasteiger partial charge in [-0.1, -0.05) is 29.5 Å². The van der Waals surface area contributed by atoms with Crippen LogP contribution in [0.4, 0.5) is 0 Å². The molecular formula is C15H14ClN3O2. The molecule has 0 aliphatic carbocycles. The van der Waals surface area contributed by atoms with E-state index < -0.39 is 0 Å². The van der Waals surface area contributed by atoms with Gasteiger partial charge in [0.15, 0.2) is 0 Å². The molecular weight excluding hydrogens is 290 g/mol. The number of benzene rings is 1. The molecule has 0 saturated carbocycles. The van der Waals surface area contributed by atoms with Crippen LogP contribution in [0.5, 0.6) is 5.88 Å². The first-order valence-corrected chi connectivity index (χ1v) is 6.58. The molecule has 108 valence electrons. The molecule has 2 rings (SSSR count). The highest BCUT2D eigenvalue weighted by molar-refractivity contribution is 6.30. The third-order valence-electron chi connectivity index (χ3n) is 2.63. The minimum atomic E-state index is -0.277. The fourth-order valence-corrected chi connectivity index (χ4v) is 1.90. The maximum atomic E-state index is 12.0. The van der Waals surface area contributed by atoms with Gasteiger partial charge in [0, 0.05) is 23.8 Å². The number of carbonyl (C=O) groups is 1. The molecule has 0 atom stereocenters. The third kappa shape index (κ3) is 4.01. The van der Waals surface area contributed by atoms with Crippen molar-refractivity contribution in [1.82, 2.24) is 15.1 Å². The van der Waals surface area contributed by atoms with Crippen LogP contribution >= 0.6 is 11.6 Å². The maximum absolute atomic E-state index is 12.0. The van der Waals surface area contributed by atoms with Crippen LogP contribution in [0.2, 0.25) is 5.02 Å². The van der Waals surface area contributed by atoms with Gasteiger partial charge in [0.2, 0.25) is 5.88 Å². The quantitative estimate of drug-likeness (QED) is 0.881. The fraction of sp³-hybridized carbons (Fsp3) is 0.200. The van der Waals surface area contributed by atoms with E-state index in [0.29, 0.717) is 10.6 Å². The van der Waals surface area contributed by atoms with Crippen LogP contribution in [0.25, 0.3) is 0 Å². The summed E-state index contributed by atoms with van der Waals surface area (Å²) < 4.78 is 6.55. The zero-order chi connectivity index (χ0) is 15.2. The van der Waals surface area contributed by atoms with Gasteiger partial charge in [-0.3, -0.25) is 9.48 Å². The average molecular weight is 304 g/mol. The molecule has 1 heterocycles. The highest BCUT2D eigenvalue weighted by Gasteiger charge is 2.15. The lowest BCUT2D eigenvalue weighted by Gasteiger charge is -2.00. The van der Waals surface area contributed by atoms with Crippen LogP contribution in [0, 0.1) is 11.8 Å². The maximum Gasteiger partial charge on any atom is 0.259 e. The van der Waals surface area contributed by atoms with E-state index in [9.17, 15) is 4.79 Å². The number of carbonyl (C=O) groups excluding carboxylic acids is 1. The number of amides is 1. The molecule has 1 aromatic heterocycles. The van der Waals surface area contributed by atoms with E-state index in [0.717, 1.165) is 5.56 Å². The first-order valence-electron chi connectivity index (χ1n) is 6.20. The van der Waals surface area contributed by atoms with Gasteiger partial charge in [0.1, 0.15) is 5.56 Å². The molecule has 0 saturated heterocycles. The summed E-state index contributed by atoms with van der Waals surface area (Å²) in [7, 11) is 3.19. The SMILES string of the molecule is COc1nn(C)cc1C(=O)NCC#Cc1cccc(Cl)c1. The van der Waals surface area contributed by atoms with Gasteiger partial charge in [0.25, 0.3) is 5.91 Å². The van der Waals surface area contributed by atoms with Gasteiger partial charge in [-0.25, -0.2) is 0 Å². The molecule has 0 fully saturated rings. The highest BCUT2D eigenvalue weighted by Crippen LogP contribution is 2.14. The van der Waals surface area contributed by atoms with E-state index in [1.165, 1.54) is 11.8 Å². The monoisotopic (exact) mass is 303 g/mol. The lowest BCUT2D eigenvalue weighted by atomic mass is 10.2. The van der Waals surface area contributed by atoms with Crippen LogP contribution in [0.3, 0.4) is 0 Å². The second kappa shape index (κ2) is 6.82. The summed E-state index contributed by atoms with van der Waals surface area (Å²) in [5.41, 5.74) is 1.18. The van der Waals surface area contributed by atoms with Crippen LogP contribution in [-0.2, 0) is 7.05 Å². The first kappa shape index (κ1) is 14.9. The molecule has 0 bridgehead atoms. The predicted octanol–water partition coefficient (Wildman–Crippen LogP) is 1.86. The molecule has 5 nitrogen and oxygen atoms in total. The second-order valence-electron chi connectivity index (χ2n) is 4.22. The number of rotatable bonds is 3. The summed E-state index contributed by atoms with van der Waals surface area (Å²) in [6, 6.07) is 7.22. The summed E-state index contributed by atoms with van der Waals surface area (Å²) in [6.45, 7) is 0.226. The summed E-state index contributed by atoms with van der Waals surface area (Å²) in [5, 5.41) is 7.34. The number of methoxy groups -OCH3 is 1. The van der Waals surface area contributed by atoms with Crippen LogP contribution in [0.15, 0.2) is 30.5 Å². The smallest absolute Gasteiger partial charge is 0.259 e. The van der Waals surface area contributed by atoms with Crippen molar-refractivity contribution in [3.05, 3.63) is 46.6 Å². The van der Waals surface area contributed by atoms with E-state index in [1.807, 2.05) is 12.1 Å². The van der Waals surface area contributed by atoms with Crippen molar-refractivity contribution in [3.8, 4) is 17.7 Å².